The van der Waals surface area contributed by atoms with E-state index in [1.807, 2.05) is 6.08 Å². The van der Waals surface area contributed by atoms with Gasteiger partial charge in [0.25, 0.3) is 0 Å². The summed E-state index contributed by atoms with van der Waals surface area (Å²) in [4.78, 5) is 11.7. The lowest BCUT2D eigenvalue weighted by Gasteiger charge is -2.30. The molecule has 1 atom stereocenters. The molecule has 0 amide bonds. The number of alkyl halides is 1. The molecule has 3 rings (SSSR count). The molecule has 6 heteroatoms. The number of aromatic carboxylic acids is 1. The van der Waals surface area contributed by atoms with E-state index >= 15 is 4.39 Å². The highest BCUT2D eigenvalue weighted by atomic mass is 19.2. The summed E-state index contributed by atoms with van der Waals surface area (Å²) in [5.41, 5.74) is 0.207. The first-order chi connectivity index (χ1) is 14.3. The molecule has 1 saturated carbocycles. The molecule has 2 aromatic carbocycles. The van der Waals surface area contributed by atoms with Crippen molar-refractivity contribution < 1.29 is 27.5 Å². The van der Waals surface area contributed by atoms with Gasteiger partial charge in [0, 0.05) is 6.42 Å². The lowest BCUT2D eigenvalue weighted by molar-refractivity contribution is 0.0694. The Morgan fingerprint density at radius 1 is 1.13 bits per heavy atom. The molecule has 0 saturated heterocycles. The third-order valence-electron chi connectivity index (χ3n) is 6.00. The number of halogens is 4. The number of carboxylic acid groups (broad SMARTS) is 1. The van der Waals surface area contributed by atoms with Gasteiger partial charge < -0.3 is 5.11 Å². The van der Waals surface area contributed by atoms with Crippen molar-refractivity contribution >= 4 is 5.97 Å². The fourth-order valence-corrected chi connectivity index (χ4v) is 4.37. The van der Waals surface area contributed by atoms with Crippen LogP contribution in [-0.4, -0.2) is 17.2 Å². The van der Waals surface area contributed by atoms with Crippen LogP contribution >= 0.6 is 0 Å². The van der Waals surface area contributed by atoms with Crippen molar-refractivity contribution in [3.8, 4) is 11.1 Å². The van der Waals surface area contributed by atoms with Crippen LogP contribution in [0.15, 0.2) is 43.0 Å². The second-order valence-electron chi connectivity index (χ2n) is 7.92. The van der Waals surface area contributed by atoms with E-state index in [-0.39, 0.29) is 34.6 Å². The van der Waals surface area contributed by atoms with Crippen molar-refractivity contribution in [2.24, 2.45) is 11.8 Å². The summed E-state index contributed by atoms with van der Waals surface area (Å²) in [6, 6.07) is 5.84. The minimum Gasteiger partial charge on any atom is -0.478 e. The van der Waals surface area contributed by atoms with Gasteiger partial charge in [-0.1, -0.05) is 18.2 Å². The molecule has 0 aromatic heterocycles. The summed E-state index contributed by atoms with van der Waals surface area (Å²) in [5, 5.41) is 9.57. The van der Waals surface area contributed by atoms with Crippen LogP contribution in [0.3, 0.4) is 0 Å². The largest absolute Gasteiger partial charge is 0.478 e. The summed E-state index contributed by atoms with van der Waals surface area (Å²) >= 11 is 0. The number of hydrogen-bond donors (Lipinski definition) is 1. The van der Waals surface area contributed by atoms with E-state index in [9.17, 15) is 23.1 Å². The monoisotopic (exact) mass is 420 g/mol. The van der Waals surface area contributed by atoms with Gasteiger partial charge in [-0.15, -0.1) is 6.58 Å². The van der Waals surface area contributed by atoms with Gasteiger partial charge in [-0.3, -0.25) is 0 Å². The molecular formula is C24H24F4O2. The Labute approximate surface area is 173 Å². The van der Waals surface area contributed by atoms with E-state index in [0.717, 1.165) is 31.4 Å². The summed E-state index contributed by atoms with van der Waals surface area (Å²) < 4.78 is 56.1. The fraction of sp³-hybridized carbons (Fsp3) is 0.375. The Hall–Kier alpha value is -2.63. The Kier molecular flexibility index (Phi) is 6.95. The minimum absolute atomic E-state index is 0.0219. The van der Waals surface area contributed by atoms with Crippen molar-refractivity contribution in [3.05, 3.63) is 71.6 Å². The molecule has 2 nitrogen and oxygen atoms in total. The first kappa shape index (κ1) is 22.1. The van der Waals surface area contributed by atoms with Gasteiger partial charge in [0.05, 0.1) is 5.56 Å². The standard InChI is InChI=1S/C24H24F4O2/c1-2-4-14-7-9-15(10-8-14)20(25)13-19-17(5-3-6-18(19)24(29)30)16-11-21(26)23(28)22(27)12-16/h2-3,5-6,11-12,14-15,20H,1,4,7-10,13H2,(H,29,30). The SMILES string of the molecule is C=CCC1CCC(C(F)Cc2c(C(=O)O)cccc2-c2cc(F)c(F)c(F)c2)CC1. The van der Waals surface area contributed by atoms with Crippen LogP contribution in [0.2, 0.25) is 0 Å². The van der Waals surface area contributed by atoms with E-state index in [1.165, 1.54) is 18.2 Å². The van der Waals surface area contributed by atoms with Crippen molar-refractivity contribution in [1.82, 2.24) is 0 Å². The van der Waals surface area contributed by atoms with Gasteiger partial charge in [-0.05, 0) is 78.8 Å². The Morgan fingerprint density at radius 3 is 2.33 bits per heavy atom. The average Bonchev–Trinajstić information content (AvgIpc) is 2.72. The molecule has 1 aliphatic carbocycles. The molecule has 0 aliphatic heterocycles. The molecule has 30 heavy (non-hydrogen) atoms. The van der Waals surface area contributed by atoms with Gasteiger partial charge in [-0.25, -0.2) is 22.4 Å². The highest BCUT2D eigenvalue weighted by Crippen LogP contribution is 2.37. The van der Waals surface area contributed by atoms with Crippen LogP contribution in [-0.2, 0) is 6.42 Å². The average molecular weight is 420 g/mol. The smallest absolute Gasteiger partial charge is 0.335 e. The highest BCUT2D eigenvalue weighted by Gasteiger charge is 2.29. The molecule has 1 aliphatic rings. The molecule has 0 spiro atoms. The third-order valence-corrected chi connectivity index (χ3v) is 6.00. The first-order valence-corrected chi connectivity index (χ1v) is 10.1. The van der Waals surface area contributed by atoms with Crippen LogP contribution in [0.5, 0.6) is 0 Å². The number of carbonyl (C=O) groups is 1. The van der Waals surface area contributed by atoms with Crippen LogP contribution in [0, 0.1) is 29.3 Å². The van der Waals surface area contributed by atoms with Gasteiger partial charge in [0.2, 0.25) is 0 Å². The predicted octanol–water partition coefficient (Wildman–Crippen LogP) is 6.73. The van der Waals surface area contributed by atoms with E-state index < -0.39 is 29.6 Å². The summed E-state index contributed by atoms with van der Waals surface area (Å²) in [7, 11) is 0. The molecule has 0 bridgehead atoms. The molecule has 160 valence electrons. The predicted molar refractivity (Wildman–Crippen MR) is 108 cm³/mol. The molecule has 1 fully saturated rings. The second-order valence-corrected chi connectivity index (χ2v) is 7.92. The van der Waals surface area contributed by atoms with Crippen LogP contribution in [0.1, 0.15) is 48.0 Å². The van der Waals surface area contributed by atoms with E-state index in [4.69, 9.17) is 0 Å². The minimum atomic E-state index is -1.60. The molecule has 0 radical (unpaired) electrons. The van der Waals surface area contributed by atoms with Crippen molar-refractivity contribution in [2.75, 3.05) is 0 Å². The van der Waals surface area contributed by atoms with Crippen LogP contribution < -0.4 is 0 Å². The molecular weight excluding hydrogens is 396 g/mol. The first-order valence-electron chi connectivity index (χ1n) is 10.1. The molecule has 2 aromatic rings. The maximum atomic E-state index is 15.2. The summed E-state index contributed by atoms with van der Waals surface area (Å²) in [6.45, 7) is 3.74. The number of carboxylic acids is 1. The Morgan fingerprint density at radius 2 is 1.77 bits per heavy atom. The number of hydrogen-bond acceptors (Lipinski definition) is 1. The molecule has 1 N–H and O–H groups in total. The van der Waals surface area contributed by atoms with Gasteiger partial charge in [-0.2, -0.15) is 0 Å². The van der Waals surface area contributed by atoms with E-state index in [0.29, 0.717) is 18.8 Å². The molecule has 1 unspecified atom stereocenters. The van der Waals surface area contributed by atoms with Crippen molar-refractivity contribution in [2.45, 2.75) is 44.7 Å². The van der Waals surface area contributed by atoms with Crippen molar-refractivity contribution in [1.29, 1.82) is 0 Å². The van der Waals surface area contributed by atoms with E-state index in [1.54, 1.807) is 0 Å². The zero-order valence-electron chi connectivity index (χ0n) is 16.5. The lowest BCUT2D eigenvalue weighted by atomic mass is 9.77. The maximum absolute atomic E-state index is 15.2. The second kappa shape index (κ2) is 9.45. The van der Waals surface area contributed by atoms with Gasteiger partial charge >= 0.3 is 5.97 Å². The normalized spacial score (nSPS) is 20.0. The number of allylic oxidation sites excluding steroid dienone is 1. The van der Waals surface area contributed by atoms with Crippen molar-refractivity contribution in [3.63, 3.8) is 0 Å². The third kappa shape index (κ3) is 4.74. The molecule has 0 heterocycles. The quantitative estimate of drug-likeness (QED) is 0.306. The van der Waals surface area contributed by atoms with E-state index in [2.05, 4.69) is 6.58 Å². The highest BCUT2D eigenvalue weighted by molar-refractivity contribution is 5.92. The maximum Gasteiger partial charge on any atom is 0.335 e. The Bertz CT molecular complexity index is 910. The van der Waals surface area contributed by atoms with Crippen LogP contribution in [0.25, 0.3) is 11.1 Å². The summed E-state index contributed by atoms with van der Waals surface area (Å²) in [5.74, 6) is -5.32. The zero-order chi connectivity index (χ0) is 21.8. The number of rotatable bonds is 7. The van der Waals surface area contributed by atoms with Gasteiger partial charge in [0.15, 0.2) is 17.5 Å². The Balaban J connectivity index is 1.92. The van der Waals surface area contributed by atoms with Crippen LogP contribution in [0.4, 0.5) is 17.6 Å². The van der Waals surface area contributed by atoms with Gasteiger partial charge in [0.1, 0.15) is 6.17 Å². The fourth-order valence-electron chi connectivity index (χ4n) is 4.37. The lowest BCUT2D eigenvalue weighted by Crippen LogP contribution is -2.25. The topological polar surface area (TPSA) is 37.3 Å². The zero-order valence-corrected chi connectivity index (χ0v) is 16.5. The summed E-state index contributed by atoms with van der Waals surface area (Å²) in [6.07, 6.45) is 4.47. The number of benzene rings is 2.